The summed E-state index contributed by atoms with van der Waals surface area (Å²) >= 11 is 0. The molecule has 0 radical (unpaired) electrons. The molecule has 1 aromatic heterocycles. The van der Waals surface area contributed by atoms with Crippen molar-refractivity contribution in [2.75, 3.05) is 44.4 Å². The number of likely N-dealkylation sites (tertiary alicyclic amines) is 1. The molecule has 0 saturated carbocycles. The smallest absolute Gasteiger partial charge is 0.323 e. The Labute approximate surface area is 120 Å². The highest BCUT2D eigenvalue weighted by molar-refractivity contribution is 5.35. The van der Waals surface area contributed by atoms with E-state index in [1.165, 1.54) is 12.8 Å². The fourth-order valence-electron chi connectivity index (χ4n) is 2.40. The highest BCUT2D eigenvalue weighted by Gasteiger charge is 2.23. The average molecular weight is 280 g/mol. The predicted octanol–water partition coefficient (Wildman–Crippen LogP) is 0.773. The van der Waals surface area contributed by atoms with Gasteiger partial charge in [-0.25, -0.2) is 0 Å². The zero-order valence-electron chi connectivity index (χ0n) is 12.5. The molecule has 7 nitrogen and oxygen atoms in total. The number of likely N-dealkylation sites (N-methyl/N-ethyl adjacent to an activating group) is 2. The summed E-state index contributed by atoms with van der Waals surface area (Å²) < 4.78 is 5.44. The summed E-state index contributed by atoms with van der Waals surface area (Å²) in [7, 11) is 4.13. The third kappa shape index (κ3) is 3.69. The minimum atomic E-state index is 0.202. The van der Waals surface area contributed by atoms with Crippen LogP contribution in [-0.4, -0.2) is 59.7 Å². The molecule has 20 heavy (non-hydrogen) atoms. The Balaban J connectivity index is 2.04. The third-order valence-corrected chi connectivity index (χ3v) is 3.55. The maximum Gasteiger partial charge on any atom is 0.323 e. The number of hydrogen-bond donors (Lipinski definition) is 1. The minimum Gasteiger partial charge on any atom is -0.463 e. The van der Waals surface area contributed by atoms with E-state index < -0.39 is 0 Å². The zero-order valence-corrected chi connectivity index (χ0v) is 12.5. The van der Waals surface area contributed by atoms with Gasteiger partial charge in [-0.2, -0.15) is 15.0 Å². The Hall–Kier alpha value is -1.63. The second-order valence-electron chi connectivity index (χ2n) is 5.28. The first-order valence-electron chi connectivity index (χ1n) is 7.16. The van der Waals surface area contributed by atoms with E-state index in [-0.39, 0.29) is 5.95 Å². The van der Waals surface area contributed by atoms with Crippen LogP contribution < -0.4 is 15.4 Å². The molecule has 1 aliphatic heterocycles. The van der Waals surface area contributed by atoms with Crippen molar-refractivity contribution in [1.29, 1.82) is 0 Å². The minimum absolute atomic E-state index is 0.202. The molecular formula is C13H24N6O. The van der Waals surface area contributed by atoms with Gasteiger partial charge in [0, 0.05) is 19.6 Å². The molecule has 112 valence electrons. The summed E-state index contributed by atoms with van der Waals surface area (Å²) in [4.78, 5) is 16.9. The molecule has 1 aromatic rings. The second kappa shape index (κ2) is 6.69. The quantitative estimate of drug-likeness (QED) is 0.824. The van der Waals surface area contributed by atoms with Crippen LogP contribution in [0.5, 0.6) is 6.01 Å². The molecule has 1 fully saturated rings. The molecule has 0 aliphatic carbocycles. The normalized spacial score (nSPS) is 19.2. The number of aromatic nitrogens is 3. The Bertz CT molecular complexity index is 441. The standard InChI is InChI=1S/C13H24N6O/c1-4-8-20-13-16-11(14)15-12(17-13)19(3)9-10-6-5-7-18(10)2/h10H,4-9H2,1-3H3,(H2,14,15,16,17). The molecule has 0 spiro atoms. The number of rotatable bonds is 6. The average Bonchev–Trinajstić information content (AvgIpc) is 2.81. The number of hydrogen-bond acceptors (Lipinski definition) is 7. The van der Waals surface area contributed by atoms with Gasteiger partial charge in [0.1, 0.15) is 0 Å². The summed E-state index contributed by atoms with van der Waals surface area (Å²) in [5.41, 5.74) is 5.73. The van der Waals surface area contributed by atoms with E-state index in [4.69, 9.17) is 10.5 Å². The predicted molar refractivity (Wildman–Crippen MR) is 78.9 cm³/mol. The Morgan fingerprint density at radius 2 is 2.20 bits per heavy atom. The van der Waals surface area contributed by atoms with E-state index in [0.717, 1.165) is 19.5 Å². The summed E-state index contributed by atoms with van der Waals surface area (Å²) in [6.07, 6.45) is 3.36. The summed E-state index contributed by atoms with van der Waals surface area (Å²) in [5.74, 6) is 0.775. The number of anilines is 2. The van der Waals surface area contributed by atoms with E-state index in [0.29, 0.717) is 24.6 Å². The first kappa shape index (κ1) is 14.8. The third-order valence-electron chi connectivity index (χ3n) is 3.55. The molecule has 1 atom stereocenters. The van der Waals surface area contributed by atoms with Gasteiger partial charge in [-0.3, -0.25) is 0 Å². The molecular weight excluding hydrogens is 256 g/mol. The van der Waals surface area contributed by atoms with Gasteiger partial charge in [-0.1, -0.05) is 6.92 Å². The fraction of sp³-hybridized carbons (Fsp3) is 0.769. The first-order chi connectivity index (χ1) is 9.60. The van der Waals surface area contributed by atoms with Gasteiger partial charge in [-0.05, 0) is 32.9 Å². The van der Waals surface area contributed by atoms with Crippen molar-refractivity contribution in [2.45, 2.75) is 32.2 Å². The van der Waals surface area contributed by atoms with Crippen molar-refractivity contribution in [3.63, 3.8) is 0 Å². The van der Waals surface area contributed by atoms with Gasteiger partial charge >= 0.3 is 6.01 Å². The Morgan fingerprint density at radius 3 is 2.85 bits per heavy atom. The van der Waals surface area contributed by atoms with Crippen LogP contribution in [0.1, 0.15) is 26.2 Å². The van der Waals surface area contributed by atoms with Crippen LogP contribution in [0, 0.1) is 0 Å². The molecule has 0 amide bonds. The molecule has 2 heterocycles. The molecule has 1 unspecified atom stereocenters. The van der Waals surface area contributed by atoms with Crippen molar-refractivity contribution in [3.8, 4) is 6.01 Å². The number of nitrogens with zero attached hydrogens (tertiary/aromatic N) is 5. The van der Waals surface area contributed by atoms with Gasteiger partial charge in [0.15, 0.2) is 0 Å². The Morgan fingerprint density at radius 1 is 1.40 bits per heavy atom. The largest absolute Gasteiger partial charge is 0.463 e. The van der Waals surface area contributed by atoms with Crippen molar-refractivity contribution >= 4 is 11.9 Å². The lowest BCUT2D eigenvalue weighted by molar-refractivity contribution is 0.291. The highest BCUT2D eigenvalue weighted by Crippen LogP contribution is 2.18. The van der Waals surface area contributed by atoms with E-state index in [1.807, 2.05) is 18.9 Å². The van der Waals surface area contributed by atoms with Crippen molar-refractivity contribution < 1.29 is 4.74 Å². The number of ether oxygens (including phenoxy) is 1. The van der Waals surface area contributed by atoms with E-state index in [1.54, 1.807) is 0 Å². The van der Waals surface area contributed by atoms with Gasteiger partial charge in [0.05, 0.1) is 6.61 Å². The zero-order chi connectivity index (χ0) is 14.5. The maximum atomic E-state index is 5.73. The molecule has 0 bridgehead atoms. The molecule has 1 aliphatic rings. The van der Waals surface area contributed by atoms with Crippen LogP contribution in [0.2, 0.25) is 0 Å². The van der Waals surface area contributed by atoms with Gasteiger partial charge < -0.3 is 20.3 Å². The lowest BCUT2D eigenvalue weighted by Gasteiger charge is -2.25. The van der Waals surface area contributed by atoms with Crippen LogP contribution in [0.15, 0.2) is 0 Å². The highest BCUT2D eigenvalue weighted by atomic mass is 16.5. The van der Waals surface area contributed by atoms with Crippen LogP contribution in [0.25, 0.3) is 0 Å². The lowest BCUT2D eigenvalue weighted by atomic mass is 10.2. The van der Waals surface area contributed by atoms with Crippen LogP contribution in [0.3, 0.4) is 0 Å². The summed E-state index contributed by atoms with van der Waals surface area (Å²) in [6.45, 7) is 4.65. The number of nitrogen functional groups attached to an aromatic ring is 1. The van der Waals surface area contributed by atoms with E-state index >= 15 is 0 Å². The van der Waals surface area contributed by atoms with Crippen LogP contribution >= 0.6 is 0 Å². The van der Waals surface area contributed by atoms with E-state index in [9.17, 15) is 0 Å². The van der Waals surface area contributed by atoms with Gasteiger partial charge in [0.25, 0.3) is 0 Å². The van der Waals surface area contributed by atoms with Gasteiger partial charge in [0.2, 0.25) is 11.9 Å². The monoisotopic (exact) mass is 280 g/mol. The first-order valence-corrected chi connectivity index (χ1v) is 7.16. The van der Waals surface area contributed by atoms with Gasteiger partial charge in [-0.15, -0.1) is 0 Å². The van der Waals surface area contributed by atoms with Crippen molar-refractivity contribution in [3.05, 3.63) is 0 Å². The number of nitrogens with two attached hydrogens (primary N) is 1. The SMILES string of the molecule is CCCOc1nc(N)nc(N(C)CC2CCCN2C)n1. The van der Waals surface area contributed by atoms with Crippen molar-refractivity contribution in [2.24, 2.45) is 0 Å². The van der Waals surface area contributed by atoms with E-state index in [2.05, 4.69) is 26.9 Å². The van der Waals surface area contributed by atoms with Crippen molar-refractivity contribution in [1.82, 2.24) is 19.9 Å². The molecule has 7 heteroatoms. The second-order valence-corrected chi connectivity index (χ2v) is 5.28. The topological polar surface area (TPSA) is 80.4 Å². The van der Waals surface area contributed by atoms with Crippen LogP contribution in [-0.2, 0) is 0 Å². The Kier molecular flexibility index (Phi) is 4.94. The summed E-state index contributed by atoms with van der Waals surface area (Å²) in [5, 5.41) is 0. The van der Waals surface area contributed by atoms with Crippen LogP contribution in [0.4, 0.5) is 11.9 Å². The molecule has 2 rings (SSSR count). The molecule has 0 aromatic carbocycles. The molecule has 2 N–H and O–H groups in total. The molecule has 1 saturated heterocycles. The summed E-state index contributed by atoms with van der Waals surface area (Å²) in [6, 6.07) is 0.846. The maximum absolute atomic E-state index is 5.73. The fourth-order valence-corrected chi connectivity index (χ4v) is 2.40. The lowest BCUT2D eigenvalue weighted by Crippen LogP contribution is -2.37.